The molecule has 0 saturated carbocycles. The van der Waals surface area contributed by atoms with Gasteiger partial charge in [0.25, 0.3) is 0 Å². The Morgan fingerprint density at radius 2 is 2.11 bits per heavy atom. The van der Waals surface area contributed by atoms with Crippen LogP contribution >= 0.6 is 31.9 Å². The van der Waals surface area contributed by atoms with Crippen molar-refractivity contribution in [3.63, 3.8) is 0 Å². The number of carboxylic acids is 1. The minimum absolute atomic E-state index is 0.144. The Balaban J connectivity index is 4.19. The Bertz CT molecular complexity index is 120. The Kier molecular flexibility index (Phi) is 3.16. The molecule has 0 aliphatic rings. The van der Waals surface area contributed by atoms with Gasteiger partial charge in [-0.05, 0) is 6.92 Å². The second kappa shape index (κ2) is 3.01. The van der Waals surface area contributed by atoms with Crippen molar-refractivity contribution < 1.29 is 9.90 Å². The van der Waals surface area contributed by atoms with E-state index >= 15 is 0 Å². The molecule has 2 nitrogen and oxygen atoms in total. The van der Waals surface area contributed by atoms with Gasteiger partial charge in [0.1, 0.15) is 0 Å². The maximum atomic E-state index is 10.3. The highest BCUT2D eigenvalue weighted by atomic mass is 79.9. The third-order valence-corrected chi connectivity index (χ3v) is 3.69. The third kappa shape index (κ3) is 2.26. The smallest absolute Gasteiger partial charge is 0.0744 e. The summed E-state index contributed by atoms with van der Waals surface area (Å²) >= 11 is 6.13. The molecule has 0 amide bonds. The van der Waals surface area contributed by atoms with E-state index in [1.165, 1.54) is 0 Å². The van der Waals surface area contributed by atoms with Crippen molar-refractivity contribution in [1.29, 1.82) is 0 Å². The number of hydrogen-bond acceptors (Lipinski definition) is 2. The van der Waals surface area contributed by atoms with Crippen LogP contribution in [0.4, 0.5) is 0 Å². The summed E-state index contributed by atoms with van der Waals surface area (Å²) in [7, 11) is 0. The average molecular weight is 259 g/mol. The van der Waals surface area contributed by atoms with Crippen molar-refractivity contribution >= 4 is 37.8 Å². The summed E-state index contributed by atoms with van der Waals surface area (Å²) in [4.78, 5) is 10.1. The number of hydrogen-bond donors (Lipinski definition) is 0. The molecule has 0 unspecified atom stereocenters. The number of carbonyl (C=O) groups excluding carboxylic acids is 1. The molecule has 0 spiro atoms. The number of rotatable bonds is 2. The van der Waals surface area contributed by atoms with E-state index in [2.05, 4.69) is 31.9 Å². The van der Waals surface area contributed by atoms with Crippen molar-refractivity contribution in [2.75, 3.05) is 0 Å². The van der Waals surface area contributed by atoms with Crippen LogP contribution in [0, 0.1) is 0 Å². The van der Waals surface area contributed by atoms with Crippen LogP contribution in [0.3, 0.4) is 0 Å². The SMILES string of the molecule is C[C@H](Br)[C@@](C)(Br)C(=O)[O-]. The van der Waals surface area contributed by atoms with E-state index in [-0.39, 0.29) is 4.83 Å². The van der Waals surface area contributed by atoms with Gasteiger partial charge in [-0.1, -0.05) is 38.8 Å². The molecule has 0 heterocycles. The van der Waals surface area contributed by atoms with Crippen molar-refractivity contribution in [1.82, 2.24) is 0 Å². The summed E-state index contributed by atoms with van der Waals surface area (Å²) < 4.78 is -0.965. The first-order valence-corrected chi connectivity index (χ1v) is 4.14. The second-order valence-corrected chi connectivity index (χ2v) is 5.00. The quantitative estimate of drug-likeness (QED) is 0.684. The second-order valence-electron chi connectivity index (χ2n) is 1.98. The van der Waals surface area contributed by atoms with Crippen LogP contribution in [0.5, 0.6) is 0 Å². The first-order valence-electron chi connectivity index (χ1n) is 2.43. The average Bonchev–Trinajstić information content (AvgIpc) is 1.65. The van der Waals surface area contributed by atoms with Crippen LogP contribution < -0.4 is 5.11 Å². The summed E-state index contributed by atoms with van der Waals surface area (Å²) in [6.45, 7) is 3.28. The molecule has 9 heavy (non-hydrogen) atoms. The standard InChI is InChI=1S/C5H8Br2O2/c1-3(6)5(2,7)4(8)9/h3H,1-2H3,(H,8,9)/p-1/t3-,5+/m0/s1. The lowest BCUT2D eigenvalue weighted by Gasteiger charge is -2.26. The number of alkyl halides is 2. The monoisotopic (exact) mass is 257 g/mol. The molecule has 0 aromatic rings. The largest absolute Gasteiger partial charge is 0.549 e. The highest BCUT2D eigenvalue weighted by Crippen LogP contribution is 2.26. The molecule has 2 atom stereocenters. The van der Waals surface area contributed by atoms with Gasteiger partial charge < -0.3 is 9.90 Å². The molecular weight excluding hydrogens is 252 g/mol. The highest BCUT2D eigenvalue weighted by Gasteiger charge is 2.27. The van der Waals surface area contributed by atoms with Gasteiger partial charge in [-0.3, -0.25) is 0 Å². The summed E-state index contributed by atoms with van der Waals surface area (Å²) in [6.07, 6.45) is 0. The molecule has 54 valence electrons. The van der Waals surface area contributed by atoms with Crippen molar-refractivity contribution in [3.8, 4) is 0 Å². The minimum atomic E-state index is -1.10. The maximum Gasteiger partial charge on any atom is 0.0744 e. The lowest BCUT2D eigenvalue weighted by atomic mass is 10.1. The Morgan fingerprint density at radius 3 is 2.11 bits per heavy atom. The van der Waals surface area contributed by atoms with Gasteiger partial charge in [-0.15, -0.1) is 0 Å². The van der Waals surface area contributed by atoms with Crippen molar-refractivity contribution in [3.05, 3.63) is 0 Å². The number of carbonyl (C=O) groups is 1. The fraction of sp³-hybridized carbons (Fsp3) is 0.800. The van der Waals surface area contributed by atoms with Crippen LogP contribution in [0.25, 0.3) is 0 Å². The van der Waals surface area contributed by atoms with Gasteiger partial charge >= 0.3 is 0 Å². The Labute approximate surface area is 70.9 Å². The Hall–Kier alpha value is 0.430. The normalized spacial score (nSPS) is 20.4. The summed E-state index contributed by atoms with van der Waals surface area (Å²) in [5.74, 6) is -1.10. The zero-order chi connectivity index (χ0) is 7.65. The summed E-state index contributed by atoms with van der Waals surface area (Å²) in [6, 6.07) is 0. The summed E-state index contributed by atoms with van der Waals surface area (Å²) in [5, 5.41) is 10.3. The molecule has 4 heteroatoms. The van der Waals surface area contributed by atoms with E-state index in [1.54, 1.807) is 13.8 Å². The zero-order valence-electron chi connectivity index (χ0n) is 5.15. The predicted molar refractivity (Wildman–Crippen MR) is 40.7 cm³/mol. The van der Waals surface area contributed by atoms with Crippen LogP contribution in [-0.4, -0.2) is 15.1 Å². The molecule has 0 aliphatic carbocycles. The Morgan fingerprint density at radius 1 is 1.78 bits per heavy atom. The lowest BCUT2D eigenvalue weighted by Crippen LogP contribution is -2.46. The van der Waals surface area contributed by atoms with E-state index < -0.39 is 10.3 Å². The van der Waals surface area contributed by atoms with E-state index in [0.29, 0.717) is 0 Å². The fourth-order valence-corrected chi connectivity index (χ4v) is 0.349. The molecule has 0 bridgehead atoms. The van der Waals surface area contributed by atoms with Gasteiger partial charge in [0.05, 0.1) is 10.3 Å². The molecule has 0 radical (unpaired) electrons. The summed E-state index contributed by atoms with van der Waals surface area (Å²) in [5.41, 5.74) is 0. The molecular formula is C5H7Br2O2-. The van der Waals surface area contributed by atoms with E-state index in [9.17, 15) is 9.90 Å². The first-order chi connectivity index (χ1) is 3.89. The van der Waals surface area contributed by atoms with Gasteiger partial charge in [0.15, 0.2) is 0 Å². The van der Waals surface area contributed by atoms with Crippen LogP contribution in [0.15, 0.2) is 0 Å². The molecule has 0 aromatic carbocycles. The lowest BCUT2D eigenvalue weighted by molar-refractivity contribution is -0.308. The number of carboxylic acid groups (broad SMARTS) is 1. The van der Waals surface area contributed by atoms with Crippen LogP contribution in [-0.2, 0) is 4.79 Å². The number of aliphatic carboxylic acids is 1. The van der Waals surface area contributed by atoms with E-state index in [4.69, 9.17) is 0 Å². The molecule has 0 rings (SSSR count). The van der Waals surface area contributed by atoms with E-state index in [1.807, 2.05) is 0 Å². The molecule has 0 aromatic heterocycles. The molecule has 0 fully saturated rings. The van der Waals surface area contributed by atoms with Crippen molar-refractivity contribution in [2.45, 2.75) is 23.0 Å². The van der Waals surface area contributed by atoms with Gasteiger partial charge in [0.2, 0.25) is 0 Å². The molecule has 0 saturated heterocycles. The topological polar surface area (TPSA) is 40.1 Å². The number of halogens is 2. The van der Waals surface area contributed by atoms with Crippen molar-refractivity contribution in [2.24, 2.45) is 0 Å². The zero-order valence-corrected chi connectivity index (χ0v) is 8.32. The highest BCUT2D eigenvalue weighted by molar-refractivity contribution is 9.12. The van der Waals surface area contributed by atoms with Gasteiger partial charge in [-0.2, -0.15) is 0 Å². The van der Waals surface area contributed by atoms with Crippen LogP contribution in [0.1, 0.15) is 13.8 Å². The third-order valence-electron chi connectivity index (χ3n) is 1.15. The molecule has 0 aliphatic heterocycles. The minimum Gasteiger partial charge on any atom is -0.549 e. The first kappa shape index (κ1) is 9.43. The van der Waals surface area contributed by atoms with Gasteiger partial charge in [0, 0.05) is 4.83 Å². The molecule has 0 N–H and O–H groups in total. The van der Waals surface area contributed by atoms with Gasteiger partial charge in [-0.25, -0.2) is 0 Å². The predicted octanol–water partition coefficient (Wildman–Crippen LogP) is 0.673. The van der Waals surface area contributed by atoms with E-state index in [0.717, 1.165) is 0 Å². The fourth-order valence-electron chi connectivity index (χ4n) is 0.162. The maximum absolute atomic E-state index is 10.3. The van der Waals surface area contributed by atoms with Crippen LogP contribution in [0.2, 0.25) is 0 Å².